The second-order valence-corrected chi connectivity index (χ2v) is 3.89. The first-order chi connectivity index (χ1) is 8.56. The largest absolute Gasteiger partial charge is 0.335 e. The van der Waals surface area contributed by atoms with E-state index in [2.05, 4.69) is 5.32 Å². The highest BCUT2D eigenvalue weighted by Gasteiger charge is 2.11. The molecule has 0 aliphatic rings. The Labute approximate surface area is 110 Å². The summed E-state index contributed by atoms with van der Waals surface area (Å²) < 4.78 is 0. The number of benzene rings is 1. The number of likely N-dealkylation sites (N-methyl/N-ethyl adjacent to an activating group) is 1. The fourth-order valence-corrected chi connectivity index (χ4v) is 1.44. The van der Waals surface area contributed by atoms with Crippen LogP contribution in [-0.2, 0) is 9.59 Å². The summed E-state index contributed by atoms with van der Waals surface area (Å²) in [7, 11) is 1.50. The van der Waals surface area contributed by atoms with E-state index in [0.717, 1.165) is 0 Å². The lowest BCUT2D eigenvalue weighted by Crippen LogP contribution is -2.35. The third-order valence-corrected chi connectivity index (χ3v) is 2.45. The number of halogens is 1. The third kappa shape index (κ3) is 4.07. The van der Waals surface area contributed by atoms with Gasteiger partial charge in [-0.25, -0.2) is 0 Å². The Hall–Kier alpha value is -2.06. The number of anilines is 1. The highest BCUT2D eigenvalue weighted by molar-refractivity contribution is 6.27. The van der Waals surface area contributed by atoms with Crippen LogP contribution in [0.2, 0.25) is 0 Å². The molecular formula is C12H12ClN3O2. The standard InChI is InChI=1S/C12H12ClN3O2/c1-16(12(18)6-13)8-11(17)15-10-4-2-9(7-14)3-5-10/h2-5H,6,8H2,1H3,(H,15,17). The molecule has 0 heterocycles. The van der Waals surface area contributed by atoms with Crippen LogP contribution in [0.4, 0.5) is 5.69 Å². The lowest BCUT2D eigenvalue weighted by atomic mass is 10.2. The van der Waals surface area contributed by atoms with Crippen molar-refractivity contribution < 1.29 is 9.59 Å². The first kappa shape index (κ1) is 14.0. The number of amides is 2. The molecule has 0 bridgehead atoms. The minimum atomic E-state index is -0.319. The summed E-state index contributed by atoms with van der Waals surface area (Å²) in [4.78, 5) is 24.0. The second kappa shape index (κ2) is 6.62. The van der Waals surface area contributed by atoms with Gasteiger partial charge in [0, 0.05) is 12.7 Å². The predicted molar refractivity (Wildman–Crippen MR) is 68.1 cm³/mol. The zero-order chi connectivity index (χ0) is 13.5. The predicted octanol–water partition coefficient (Wildman–Crippen LogP) is 1.19. The number of rotatable bonds is 4. The number of nitrogens with one attached hydrogen (secondary N) is 1. The molecule has 0 aliphatic heterocycles. The van der Waals surface area contributed by atoms with Gasteiger partial charge in [-0.1, -0.05) is 0 Å². The molecule has 0 unspecified atom stereocenters. The summed E-state index contributed by atoms with van der Waals surface area (Å²) >= 11 is 5.37. The lowest BCUT2D eigenvalue weighted by molar-refractivity contribution is -0.131. The number of hydrogen-bond acceptors (Lipinski definition) is 3. The van der Waals surface area contributed by atoms with Crippen molar-refractivity contribution in [2.24, 2.45) is 0 Å². The van der Waals surface area contributed by atoms with E-state index in [4.69, 9.17) is 16.9 Å². The van der Waals surface area contributed by atoms with Gasteiger partial charge in [0.1, 0.15) is 5.88 Å². The Morgan fingerprint density at radius 3 is 2.50 bits per heavy atom. The third-order valence-electron chi connectivity index (χ3n) is 2.22. The summed E-state index contributed by atoms with van der Waals surface area (Å²) in [6, 6.07) is 8.43. The van der Waals surface area contributed by atoms with E-state index < -0.39 is 0 Å². The highest BCUT2D eigenvalue weighted by atomic mass is 35.5. The second-order valence-electron chi connectivity index (χ2n) is 3.62. The molecule has 18 heavy (non-hydrogen) atoms. The van der Waals surface area contributed by atoms with Crippen molar-refractivity contribution in [2.45, 2.75) is 0 Å². The van der Waals surface area contributed by atoms with Gasteiger partial charge < -0.3 is 10.2 Å². The maximum absolute atomic E-state index is 11.6. The molecule has 1 aromatic carbocycles. The van der Waals surface area contributed by atoms with Gasteiger partial charge >= 0.3 is 0 Å². The fourth-order valence-electron chi connectivity index (χ4n) is 1.23. The fraction of sp³-hybridized carbons (Fsp3) is 0.250. The molecule has 1 N–H and O–H groups in total. The SMILES string of the molecule is CN(CC(=O)Nc1ccc(C#N)cc1)C(=O)CCl. The normalized spacial score (nSPS) is 9.39. The van der Waals surface area contributed by atoms with Crippen LogP contribution in [0.25, 0.3) is 0 Å². The molecule has 0 radical (unpaired) electrons. The zero-order valence-corrected chi connectivity index (χ0v) is 10.6. The average Bonchev–Trinajstić information content (AvgIpc) is 2.38. The van der Waals surface area contributed by atoms with Gasteiger partial charge in [0.2, 0.25) is 11.8 Å². The molecule has 0 fully saturated rings. The summed E-state index contributed by atoms with van der Waals surface area (Å²) in [5, 5.41) is 11.2. The molecule has 0 aromatic heterocycles. The molecule has 0 spiro atoms. The molecule has 0 atom stereocenters. The van der Waals surface area contributed by atoms with Crippen LogP contribution < -0.4 is 5.32 Å². The number of nitrogens with zero attached hydrogens (tertiary/aromatic N) is 2. The minimum Gasteiger partial charge on any atom is -0.335 e. The number of nitriles is 1. The monoisotopic (exact) mass is 265 g/mol. The van der Waals surface area contributed by atoms with E-state index in [1.807, 2.05) is 6.07 Å². The van der Waals surface area contributed by atoms with Crippen LogP contribution in [0.5, 0.6) is 0 Å². The Morgan fingerprint density at radius 1 is 1.39 bits per heavy atom. The highest BCUT2D eigenvalue weighted by Crippen LogP contribution is 2.08. The Bertz CT molecular complexity index is 479. The number of carbonyl (C=O) groups excluding carboxylic acids is 2. The van der Waals surface area contributed by atoms with Gasteiger partial charge in [0.05, 0.1) is 18.2 Å². The molecule has 0 saturated carbocycles. The van der Waals surface area contributed by atoms with E-state index >= 15 is 0 Å². The van der Waals surface area contributed by atoms with Crippen LogP contribution in [0, 0.1) is 11.3 Å². The lowest BCUT2D eigenvalue weighted by Gasteiger charge is -2.15. The molecule has 0 aliphatic carbocycles. The Balaban J connectivity index is 2.54. The maximum atomic E-state index is 11.6. The van der Waals surface area contributed by atoms with E-state index in [1.165, 1.54) is 11.9 Å². The Morgan fingerprint density at radius 2 is 2.00 bits per heavy atom. The van der Waals surface area contributed by atoms with Gasteiger partial charge in [0.25, 0.3) is 0 Å². The van der Waals surface area contributed by atoms with E-state index in [-0.39, 0.29) is 24.2 Å². The Kier molecular flexibility index (Phi) is 5.15. The molecule has 5 nitrogen and oxygen atoms in total. The molecule has 2 amide bonds. The maximum Gasteiger partial charge on any atom is 0.243 e. The summed E-state index contributed by atoms with van der Waals surface area (Å²) in [6.07, 6.45) is 0. The van der Waals surface area contributed by atoms with E-state index in [1.54, 1.807) is 24.3 Å². The van der Waals surface area contributed by atoms with Crippen molar-refractivity contribution in [3.8, 4) is 6.07 Å². The van der Waals surface area contributed by atoms with Crippen molar-refractivity contribution in [3.05, 3.63) is 29.8 Å². The summed E-state index contributed by atoms with van der Waals surface area (Å²) in [6.45, 7) is -0.0639. The van der Waals surface area contributed by atoms with Gasteiger partial charge in [-0.3, -0.25) is 9.59 Å². The smallest absolute Gasteiger partial charge is 0.243 e. The molecule has 6 heteroatoms. The first-order valence-electron chi connectivity index (χ1n) is 5.16. The molecule has 0 saturated heterocycles. The van der Waals surface area contributed by atoms with Gasteiger partial charge in [-0.2, -0.15) is 5.26 Å². The number of carbonyl (C=O) groups is 2. The minimum absolute atomic E-state index is 0.0639. The summed E-state index contributed by atoms with van der Waals surface area (Å²) in [5.41, 5.74) is 1.09. The van der Waals surface area contributed by atoms with Crippen molar-refractivity contribution >= 4 is 29.1 Å². The van der Waals surface area contributed by atoms with Gasteiger partial charge in [-0.05, 0) is 24.3 Å². The van der Waals surface area contributed by atoms with Crippen LogP contribution in [-0.4, -0.2) is 36.2 Å². The number of hydrogen-bond donors (Lipinski definition) is 1. The van der Waals surface area contributed by atoms with Gasteiger partial charge in [0.15, 0.2) is 0 Å². The number of alkyl halides is 1. The van der Waals surface area contributed by atoms with E-state index in [0.29, 0.717) is 11.3 Å². The molecule has 94 valence electrons. The van der Waals surface area contributed by atoms with Gasteiger partial charge in [-0.15, -0.1) is 11.6 Å². The van der Waals surface area contributed by atoms with Crippen LogP contribution in [0.1, 0.15) is 5.56 Å². The van der Waals surface area contributed by atoms with Crippen molar-refractivity contribution in [1.82, 2.24) is 4.90 Å². The molecule has 1 rings (SSSR count). The molecular weight excluding hydrogens is 254 g/mol. The van der Waals surface area contributed by atoms with Crippen LogP contribution >= 0.6 is 11.6 Å². The average molecular weight is 266 g/mol. The quantitative estimate of drug-likeness (QED) is 0.831. The van der Waals surface area contributed by atoms with E-state index in [9.17, 15) is 9.59 Å². The topological polar surface area (TPSA) is 73.2 Å². The van der Waals surface area contributed by atoms with Crippen molar-refractivity contribution in [1.29, 1.82) is 5.26 Å². The van der Waals surface area contributed by atoms with Crippen molar-refractivity contribution in [3.63, 3.8) is 0 Å². The van der Waals surface area contributed by atoms with Crippen LogP contribution in [0.3, 0.4) is 0 Å². The summed E-state index contributed by atoms with van der Waals surface area (Å²) in [5.74, 6) is -0.784. The van der Waals surface area contributed by atoms with Crippen LogP contribution in [0.15, 0.2) is 24.3 Å². The molecule has 1 aromatic rings. The van der Waals surface area contributed by atoms with Crippen molar-refractivity contribution in [2.75, 3.05) is 24.8 Å². The first-order valence-corrected chi connectivity index (χ1v) is 5.70. The zero-order valence-electron chi connectivity index (χ0n) is 9.81.